The molecule has 0 amide bonds. The number of nitrogens with zero attached hydrogens (tertiary/aromatic N) is 2. The number of hydrogen-bond acceptors (Lipinski definition) is 5. The molecular formula is C15H24N4O. The number of ether oxygens (including phenoxy) is 1. The fourth-order valence-electron chi connectivity index (χ4n) is 2.54. The molecule has 2 N–H and O–H groups in total. The summed E-state index contributed by atoms with van der Waals surface area (Å²) in [6.45, 7) is 4.70. The lowest BCUT2D eigenvalue weighted by atomic mass is 10.1. The molecule has 5 heteroatoms. The number of nitrogens with one attached hydrogen (secondary N) is 2. The van der Waals surface area contributed by atoms with Crippen LogP contribution >= 0.6 is 0 Å². The number of aromatic nitrogens is 2. The van der Waals surface area contributed by atoms with E-state index in [9.17, 15) is 0 Å². The standard InChI is InChI=1S/C15H24N4O/c1-2-16-13-9-14(19-15(18-13)11-6-7-11)17-10-12-5-3-4-8-20-12/h9,11-12H,2-8,10H2,1H3,(H2,16,17,18,19). The molecule has 1 unspecified atom stereocenters. The molecule has 2 fully saturated rings. The molecule has 1 aliphatic carbocycles. The van der Waals surface area contributed by atoms with E-state index < -0.39 is 0 Å². The van der Waals surface area contributed by atoms with E-state index >= 15 is 0 Å². The van der Waals surface area contributed by atoms with Crippen LogP contribution in [0.3, 0.4) is 0 Å². The summed E-state index contributed by atoms with van der Waals surface area (Å²) in [5.74, 6) is 3.40. The number of rotatable bonds is 6. The van der Waals surface area contributed by atoms with Gasteiger partial charge in [0.2, 0.25) is 0 Å². The van der Waals surface area contributed by atoms with Crippen molar-refractivity contribution in [3.05, 3.63) is 11.9 Å². The summed E-state index contributed by atoms with van der Waals surface area (Å²) < 4.78 is 5.75. The van der Waals surface area contributed by atoms with Crippen LogP contribution in [0.25, 0.3) is 0 Å². The van der Waals surface area contributed by atoms with Gasteiger partial charge in [-0.05, 0) is 39.0 Å². The van der Waals surface area contributed by atoms with E-state index in [-0.39, 0.29) is 0 Å². The molecular weight excluding hydrogens is 252 g/mol. The first kappa shape index (κ1) is 13.6. The predicted molar refractivity (Wildman–Crippen MR) is 80.3 cm³/mol. The van der Waals surface area contributed by atoms with Crippen molar-refractivity contribution in [2.75, 3.05) is 30.3 Å². The molecule has 0 bridgehead atoms. The van der Waals surface area contributed by atoms with Crippen LogP contribution in [0.5, 0.6) is 0 Å². The summed E-state index contributed by atoms with van der Waals surface area (Å²) in [6.07, 6.45) is 6.38. The average Bonchev–Trinajstić information content (AvgIpc) is 3.31. The zero-order valence-electron chi connectivity index (χ0n) is 12.2. The van der Waals surface area contributed by atoms with Gasteiger partial charge >= 0.3 is 0 Å². The summed E-state index contributed by atoms with van der Waals surface area (Å²) >= 11 is 0. The van der Waals surface area contributed by atoms with E-state index in [0.717, 1.165) is 43.6 Å². The molecule has 2 heterocycles. The van der Waals surface area contributed by atoms with E-state index in [0.29, 0.717) is 12.0 Å². The largest absolute Gasteiger partial charge is 0.376 e. The normalized spacial score (nSPS) is 22.6. The third-order valence-corrected chi connectivity index (χ3v) is 3.83. The van der Waals surface area contributed by atoms with Gasteiger partial charge in [-0.2, -0.15) is 0 Å². The lowest BCUT2D eigenvalue weighted by Crippen LogP contribution is -2.27. The van der Waals surface area contributed by atoms with Gasteiger partial charge in [0.25, 0.3) is 0 Å². The molecule has 1 aromatic heterocycles. The second-order valence-electron chi connectivity index (χ2n) is 5.67. The SMILES string of the molecule is CCNc1cc(NCC2CCCCO2)nc(C2CC2)n1. The van der Waals surface area contributed by atoms with Gasteiger partial charge < -0.3 is 15.4 Å². The van der Waals surface area contributed by atoms with Crippen LogP contribution in [-0.2, 0) is 4.74 Å². The van der Waals surface area contributed by atoms with E-state index in [2.05, 4.69) is 27.5 Å². The van der Waals surface area contributed by atoms with Crippen molar-refractivity contribution in [1.82, 2.24) is 9.97 Å². The van der Waals surface area contributed by atoms with E-state index in [1.807, 2.05) is 6.07 Å². The summed E-state index contributed by atoms with van der Waals surface area (Å²) in [6, 6.07) is 2.00. The Labute approximate surface area is 120 Å². The highest BCUT2D eigenvalue weighted by atomic mass is 16.5. The van der Waals surface area contributed by atoms with Gasteiger partial charge in [0.15, 0.2) is 0 Å². The van der Waals surface area contributed by atoms with Crippen LogP contribution in [0.2, 0.25) is 0 Å². The van der Waals surface area contributed by atoms with Crippen LogP contribution in [-0.4, -0.2) is 35.8 Å². The van der Waals surface area contributed by atoms with Crippen molar-refractivity contribution >= 4 is 11.6 Å². The Morgan fingerprint density at radius 1 is 1.15 bits per heavy atom. The summed E-state index contributed by atoms with van der Waals surface area (Å²) in [5.41, 5.74) is 0. The maximum absolute atomic E-state index is 5.75. The van der Waals surface area contributed by atoms with Gasteiger partial charge in [0.05, 0.1) is 6.10 Å². The van der Waals surface area contributed by atoms with Gasteiger partial charge in [-0.1, -0.05) is 0 Å². The minimum atomic E-state index is 0.325. The Morgan fingerprint density at radius 2 is 1.95 bits per heavy atom. The molecule has 1 atom stereocenters. The molecule has 1 aromatic rings. The summed E-state index contributed by atoms with van der Waals surface area (Å²) in [5, 5.41) is 6.71. The van der Waals surface area contributed by atoms with Crippen LogP contribution in [0.4, 0.5) is 11.6 Å². The van der Waals surface area contributed by atoms with Gasteiger partial charge in [-0.25, -0.2) is 9.97 Å². The molecule has 1 aliphatic heterocycles. The van der Waals surface area contributed by atoms with Crippen molar-refractivity contribution < 1.29 is 4.74 Å². The zero-order chi connectivity index (χ0) is 13.8. The first-order chi connectivity index (χ1) is 9.85. The third kappa shape index (κ3) is 3.60. The molecule has 1 saturated carbocycles. The number of hydrogen-bond donors (Lipinski definition) is 2. The molecule has 0 spiro atoms. The van der Waals surface area contributed by atoms with Crippen molar-refractivity contribution in [2.24, 2.45) is 0 Å². The summed E-state index contributed by atoms with van der Waals surface area (Å²) in [4.78, 5) is 9.23. The molecule has 0 aromatic carbocycles. The predicted octanol–water partition coefficient (Wildman–Crippen LogP) is 2.77. The van der Waals surface area contributed by atoms with E-state index in [1.165, 1.54) is 25.7 Å². The molecule has 2 aliphatic rings. The van der Waals surface area contributed by atoms with Crippen LogP contribution in [0, 0.1) is 0 Å². The smallest absolute Gasteiger partial charge is 0.136 e. The van der Waals surface area contributed by atoms with Gasteiger partial charge in [0.1, 0.15) is 17.5 Å². The quantitative estimate of drug-likeness (QED) is 0.836. The van der Waals surface area contributed by atoms with E-state index in [4.69, 9.17) is 4.74 Å². The van der Waals surface area contributed by atoms with Crippen LogP contribution in [0.15, 0.2) is 6.07 Å². The Morgan fingerprint density at radius 3 is 2.60 bits per heavy atom. The first-order valence-corrected chi connectivity index (χ1v) is 7.83. The van der Waals surface area contributed by atoms with Crippen molar-refractivity contribution in [3.8, 4) is 0 Å². The van der Waals surface area contributed by atoms with Crippen molar-refractivity contribution in [3.63, 3.8) is 0 Å². The highest BCUT2D eigenvalue weighted by molar-refractivity contribution is 5.48. The lowest BCUT2D eigenvalue weighted by Gasteiger charge is -2.23. The molecule has 20 heavy (non-hydrogen) atoms. The minimum absolute atomic E-state index is 0.325. The second-order valence-corrected chi connectivity index (χ2v) is 5.67. The molecule has 1 saturated heterocycles. The highest BCUT2D eigenvalue weighted by Crippen LogP contribution is 2.38. The molecule has 0 radical (unpaired) electrons. The third-order valence-electron chi connectivity index (χ3n) is 3.83. The Bertz CT molecular complexity index is 441. The minimum Gasteiger partial charge on any atom is -0.376 e. The van der Waals surface area contributed by atoms with Crippen LogP contribution in [0.1, 0.15) is 50.8 Å². The maximum Gasteiger partial charge on any atom is 0.136 e. The van der Waals surface area contributed by atoms with Gasteiger partial charge in [0, 0.05) is 31.7 Å². The molecule has 110 valence electrons. The molecule has 5 nitrogen and oxygen atoms in total. The van der Waals surface area contributed by atoms with Crippen molar-refractivity contribution in [1.29, 1.82) is 0 Å². The van der Waals surface area contributed by atoms with Crippen molar-refractivity contribution in [2.45, 2.75) is 51.0 Å². The summed E-state index contributed by atoms with van der Waals surface area (Å²) in [7, 11) is 0. The topological polar surface area (TPSA) is 59.1 Å². The highest BCUT2D eigenvalue weighted by Gasteiger charge is 2.27. The number of anilines is 2. The lowest BCUT2D eigenvalue weighted by molar-refractivity contribution is 0.0247. The molecule has 3 rings (SSSR count). The van der Waals surface area contributed by atoms with E-state index in [1.54, 1.807) is 0 Å². The monoisotopic (exact) mass is 276 g/mol. The second kappa shape index (κ2) is 6.39. The first-order valence-electron chi connectivity index (χ1n) is 7.83. The van der Waals surface area contributed by atoms with Crippen LogP contribution < -0.4 is 10.6 Å². The Balaban J connectivity index is 1.64. The average molecular weight is 276 g/mol. The van der Waals surface area contributed by atoms with Gasteiger partial charge in [-0.15, -0.1) is 0 Å². The maximum atomic E-state index is 5.75. The zero-order valence-corrected chi connectivity index (χ0v) is 12.2. The van der Waals surface area contributed by atoms with Gasteiger partial charge in [-0.3, -0.25) is 0 Å². The Hall–Kier alpha value is -1.36. The fourth-order valence-corrected chi connectivity index (χ4v) is 2.54. The fraction of sp³-hybridized carbons (Fsp3) is 0.733. The Kier molecular flexibility index (Phi) is 4.35.